The molecule has 3 rings (SSSR count). The molecule has 5 atom stereocenters. The second kappa shape index (κ2) is 11.0. The molecule has 8 nitrogen and oxygen atoms in total. The summed E-state index contributed by atoms with van der Waals surface area (Å²) in [5, 5.41) is 21.3. The summed E-state index contributed by atoms with van der Waals surface area (Å²) in [6, 6.07) is 5.13. The van der Waals surface area contributed by atoms with Gasteiger partial charge in [0.25, 0.3) is 0 Å². The summed E-state index contributed by atoms with van der Waals surface area (Å²) in [6.45, 7) is 7.93. The summed E-state index contributed by atoms with van der Waals surface area (Å²) in [5.74, 6) is -1.98. The van der Waals surface area contributed by atoms with E-state index in [-0.39, 0.29) is 19.4 Å². The molecule has 0 amide bonds. The fourth-order valence-corrected chi connectivity index (χ4v) is 4.22. The molecule has 0 aliphatic carbocycles. The Balaban J connectivity index is 1.91. The van der Waals surface area contributed by atoms with Crippen molar-refractivity contribution in [3.63, 3.8) is 0 Å². The molecule has 1 aromatic heterocycles. The number of cyclic esters (lactones) is 1. The molecule has 0 saturated heterocycles. The molecular weight excluding hydrogens is 457 g/mol. The van der Waals surface area contributed by atoms with E-state index in [1.165, 1.54) is 19.9 Å². The second-order valence-corrected chi connectivity index (χ2v) is 9.74. The Bertz CT molecular complexity index is 1090. The average molecular weight is 492 g/mol. The van der Waals surface area contributed by atoms with Gasteiger partial charge in [0, 0.05) is 25.7 Å². The molecule has 1 aliphatic heterocycles. The van der Waals surface area contributed by atoms with Gasteiger partial charge in [-0.2, -0.15) is 0 Å². The summed E-state index contributed by atoms with van der Waals surface area (Å²) < 4.78 is 31.2. The lowest BCUT2D eigenvalue weighted by molar-refractivity contribution is -0.156. The van der Waals surface area contributed by atoms with Crippen LogP contribution < -0.4 is 0 Å². The topological polar surface area (TPSA) is 119 Å². The molecule has 0 saturated carbocycles. The number of aliphatic hydroxyl groups excluding tert-OH is 2. The Hall–Kier alpha value is -2.62. The van der Waals surface area contributed by atoms with E-state index in [4.69, 9.17) is 13.9 Å². The zero-order valence-corrected chi connectivity index (χ0v) is 20.8. The van der Waals surface area contributed by atoms with Crippen molar-refractivity contribution in [1.29, 1.82) is 0 Å². The lowest BCUT2D eigenvalue weighted by Crippen LogP contribution is -2.47. The van der Waals surface area contributed by atoms with Crippen LogP contribution in [0.2, 0.25) is 0 Å². The van der Waals surface area contributed by atoms with Crippen LogP contribution in [0.25, 0.3) is 11.1 Å². The molecule has 0 fully saturated rings. The number of aromatic nitrogens is 1. The standard InChI is InChI=1S/C26H34FNO7/c1-14-24(31)15(2)33-11-10-18(27)7-9-20(17-6-8-21-19(12-17)28-16(3)34-21)35-23(30)13-22(29)26(4,5)25(14)32/h6-8,12,14-15,20,22,24,29,31H,9-11,13H2,1-5H3/b18-7-/t14-,15+,20+,22+,24+/m1/s1. The zero-order valence-electron chi connectivity index (χ0n) is 20.8. The van der Waals surface area contributed by atoms with Gasteiger partial charge in [0.1, 0.15) is 17.4 Å². The van der Waals surface area contributed by atoms with Crippen LogP contribution in [0.3, 0.4) is 0 Å². The molecule has 9 heteroatoms. The van der Waals surface area contributed by atoms with Gasteiger partial charge in [-0.25, -0.2) is 9.37 Å². The average Bonchev–Trinajstić information content (AvgIpc) is 3.18. The maximum absolute atomic E-state index is 14.5. The summed E-state index contributed by atoms with van der Waals surface area (Å²) in [4.78, 5) is 30.2. The number of carbonyl (C=O) groups excluding carboxylic acids is 2. The molecular formula is C26H34FNO7. The van der Waals surface area contributed by atoms with Crippen molar-refractivity contribution in [2.24, 2.45) is 11.3 Å². The van der Waals surface area contributed by atoms with Crippen LogP contribution in [-0.4, -0.2) is 51.9 Å². The van der Waals surface area contributed by atoms with Crippen molar-refractivity contribution in [3.05, 3.63) is 41.6 Å². The molecule has 2 N–H and O–H groups in total. The quantitative estimate of drug-likeness (QED) is 0.572. The van der Waals surface area contributed by atoms with Crippen molar-refractivity contribution in [1.82, 2.24) is 4.98 Å². The first kappa shape index (κ1) is 27.0. The number of esters is 1. The fourth-order valence-electron chi connectivity index (χ4n) is 4.22. The molecule has 0 bridgehead atoms. The van der Waals surface area contributed by atoms with E-state index in [2.05, 4.69) is 4.98 Å². The predicted octanol–water partition coefficient (Wildman–Crippen LogP) is 4.12. The van der Waals surface area contributed by atoms with Gasteiger partial charge in [0.15, 0.2) is 11.5 Å². The van der Waals surface area contributed by atoms with E-state index in [1.54, 1.807) is 39.0 Å². The Morgan fingerprint density at radius 3 is 2.60 bits per heavy atom. The van der Waals surface area contributed by atoms with Gasteiger partial charge in [0.2, 0.25) is 0 Å². The van der Waals surface area contributed by atoms with E-state index < -0.39 is 59.7 Å². The van der Waals surface area contributed by atoms with Gasteiger partial charge in [-0.3, -0.25) is 9.59 Å². The van der Waals surface area contributed by atoms with Crippen LogP contribution in [0, 0.1) is 18.3 Å². The van der Waals surface area contributed by atoms with Gasteiger partial charge in [0.05, 0.1) is 42.6 Å². The summed E-state index contributed by atoms with van der Waals surface area (Å²) >= 11 is 0. The maximum Gasteiger partial charge on any atom is 0.309 e. The number of rotatable bonds is 1. The SMILES string of the molecule is Cc1nc2cc([C@@H]3C/C=C(\F)CCO[C@@H](C)[C@@H](O)[C@@H](C)C(=O)C(C)(C)[C@@H](O)CC(=O)O3)ccc2o1. The van der Waals surface area contributed by atoms with Crippen molar-refractivity contribution < 1.29 is 38.1 Å². The molecule has 1 aromatic carbocycles. The molecule has 0 spiro atoms. The van der Waals surface area contributed by atoms with E-state index in [0.717, 1.165) is 0 Å². The third-order valence-electron chi connectivity index (χ3n) is 6.67. The highest BCUT2D eigenvalue weighted by molar-refractivity contribution is 5.88. The fraction of sp³-hybridized carbons (Fsp3) is 0.577. The molecule has 35 heavy (non-hydrogen) atoms. The normalized spacial score (nSPS) is 31.1. The summed E-state index contributed by atoms with van der Waals surface area (Å²) in [5.41, 5.74) is 0.422. The van der Waals surface area contributed by atoms with E-state index in [0.29, 0.717) is 22.6 Å². The smallest absolute Gasteiger partial charge is 0.309 e. The number of nitrogens with zero attached hydrogens (tertiary/aromatic N) is 1. The molecule has 0 radical (unpaired) electrons. The number of aliphatic hydroxyl groups is 2. The van der Waals surface area contributed by atoms with Gasteiger partial charge in [-0.05, 0) is 30.7 Å². The number of ketones is 1. The number of carbonyl (C=O) groups is 2. The molecule has 2 heterocycles. The minimum Gasteiger partial charge on any atom is -0.457 e. The van der Waals surface area contributed by atoms with E-state index in [9.17, 15) is 24.2 Å². The number of fused-ring (bicyclic) bond motifs is 1. The number of halogens is 1. The maximum atomic E-state index is 14.5. The first-order valence-corrected chi connectivity index (χ1v) is 11.8. The summed E-state index contributed by atoms with van der Waals surface area (Å²) in [6.07, 6.45) is -3.16. The van der Waals surface area contributed by atoms with Crippen LogP contribution in [0.15, 0.2) is 34.5 Å². The number of aryl methyl sites for hydroxylation is 1. The predicted molar refractivity (Wildman–Crippen MR) is 126 cm³/mol. The number of hydrogen-bond acceptors (Lipinski definition) is 8. The van der Waals surface area contributed by atoms with Crippen molar-refractivity contribution in [3.8, 4) is 0 Å². The highest BCUT2D eigenvalue weighted by Crippen LogP contribution is 2.32. The number of Topliss-reactive ketones (excluding diaryl/α,β-unsaturated/α-hetero) is 1. The number of oxazole rings is 1. The Kier molecular flexibility index (Phi) is 8.46. The molecule has 192 valence electrons. The Morgan fingerprint density at radius 1 is 1.17 bits per heavy atom. The molecule has 1 aliphatic rings. The molecule has 0 unspecified atom stereocenters. The first-order chi connectivity index (χ1) is 16.4. The minimum absolute atomic E-state index is 0.00210. The summed E-state index contributed by atoms with van der Waals surface area (Å²) in [7, 11) is 0. The Labute approximate surface area is 204 Å². The van der Waals surface area contributed by atoms with Crippen LogP contribution in [-0.2, 0) is 19.1 Å². The van der Waals surface area contributed by atoms with Crippen molar-refractivity contribution >= 4 is 22.9 Å². The van der Waals surface area contributed by atoms with Crippen LogP contribution in [0.5, 0.6) is 0 Å². The van der Waals surface area contributed by atoms with Crippen molar-refractivity contribution in [2.45, 2.75) is 78.3 Å². The number of benzene rings is 1. The third kappa shape index (κ3) is 6.34. The number of hydrogen-bond donors (Lipinski definition) is 2. The van der Waals surface area contributed by atoms with Gasteiger partial charge >= 0.3 is 5.97 Å². The lowest BCUT2D eigenvalue weighted by Gasteiger charge is -2.34. The lowest BCUT2D eigenvalue weighted by atomic mass is 9.74. The number of ether oxygens (including phenoxy) is 2. The monoisotopic (exact) mass is 491 g/mol. The van der Waals surface area contributed by atoms with Crippen LogP contribution in [0.4, 0.5) is 4.39 Å². The minimum atomic E-state index is -1.35. The highest BCUT2D eigenvalue weighted by atomic mass is 19.1. The first-order valence-electron chi connectivity index (χ1n) is 11.8. The van der Waals surface area contributed by atoms with E-state index >= 15 is 0 Å². The Morgan fingerprint density at radius 2 is 1.89 bits per heavy atom. The largest absolute Gasteiger partial charge is 0.457 e. The van der Waals surface area contributed by atoms with Crippen molar-refractivity contribution in [2.75, 3.05) is 6.61 Å². The zero-order chi connectivity index (χ0) is 25.9. The van der Waals surface area contributed by atoms with Crippen LogP contribution in [0.1, 0.15) is 64.5 Å². The van der Waals surface area contributed by atoms with E-state index in [1.807, 2.05) is 0 Å². The third-order valence-corrected chi connectivity index (χ3v) is 6.67. The van der Waals surface area contributed by atoms with Gasteiger partial charge < -0.3 is 24.1 Å². The highest BCUT2D eigenvalue weighted by Gasteiger charge is 2.42. The second-order valence-electron chi connectivity index (χ2n) is 9.74. The van der Waals surface area contributed by atoms with Gasteiger partial charge in [-0.1, -0.05) is 26.8 Å². The molecule has 2 aromatic rings. The van der Waals surface area contributed by atoms with Gasteiger partial charge in [-0.15, -0.1) is 0 Å². The van der Waals surface area contributed by atoms with Crippen LogP contribution >= 0.6 is 0 Å².